The first-order valence-corrected chi connectivity index (χ1v) is 8.92. The van der Waals surface area contributed by atoms with Crippen LogP contribution in [0.2, 0.25) is 0 Å². The zero-order chi connectivity index (χ0) is 18.1. The zero-order valence-corrected chi connectivity index (χ0v) is 15.5. The van der Waals surface area contributed by atoms with Crippen LogP contribution in [-0.4, -0.2) is 43.5 Å². The van der Waals surface area contributed by atoms with E-state index in [1.165, 1.54) is 0 Å². The van der Waals surface area contributed by atoms with Gasteiger partial charge in [-0.15, -0.1) is 0 Å². The van der Waals surface area contributed by atoms with Crippen molar-refractivity contribution in [3.63, 3.8) is 0 Å². The fraction of sp³-hybridized carbons (Fsp3) is 0.667. The van der Waals surface area contributed by atoms with Gasteiger partial charge in [-0.2, -0.15) is 0 Å². The number of aromatic nitrogens is 1. The first-order chi connectivity index (χ1) is 11.9. The fourth-order valence-corrected chi connectivity index (χ4v) is 2.98. The first kappa shape index (κ1) is 18.2. The highest BCUT2D eigenvalue weighted by Crippen LogP contribution is 2.37. The molecule has 1 aromatic heterocycles. The molecule has 2 saturated heterocycles. The predicted molar refractivity (Wildman–Crippen MR) is 93.9 cm³/mol. The lowest BCUT2D eigenvalue weighted by atomic mass is 9.75. The highest BCUT2D eigenvalue weighted by molar-refractivity contribution is 6.61. The second kappa shape index (κ2) is 6.96. The summed E-state index contributed by atoms with van der Waals surface area (Å²) in [6, 6.07) is 3.78. The average molecular weight is 347 g/mol. The smallest absolute Gasteiger partial charge is 0.478 e. The van der Waals surface area contributed by atoms with E-state index in [1.807, 2.05) is 26.0 Å². The molecule has 1 atom stereocenters. The molecule has 0 aliphatic carbocycles. The van der Waals surface area contributed by atoms with Gasteiger partial charge in [0.05, 0.1) is 6.61 Å². The highest BCUT2D eigenvalue weighted by atomic mass is 16.7. The van der Waals surface area contributed by atoms with Gasteiger partial charge in [-0.25, -0.2) is 9.78 Å². The number of cyclic esters (lactones) is 1. The maximum absolute atomic E-state index is 11.3. The van der Waals surface area contributed by atoms with Crippen LogP contribution in [-0.2, 0) is 18.8 Å². The largest absolute Gasteiger partial charge is 0.495 e. The van der Waals surface area contributed by atoms with Gasteiger partial charge in [-0.1, -0.05) is 26.8 Å². The van der Waals surface area contributed by atoms with E-state index in [0.29, 0.717) is 32.1 Å². The lowest BCUT2D eigenvalue weighted by Gasteiger charge is -2.33. The van der Waals surface area contributed by atoms with Crippen molar-refractivity contribution in [1.82, 2.24) is 4.98 Å². The van der Waals surface area contributed by atoms with E-state index in [2.05, 4.69) is 18.8 Å². The van der Waals surface area contributed by atoms with Gasteiger partial charge in [-0.3, -0.25) is 0 Å². The predicted octanol–water partition coefficient (Wildman–Crippen LogP) is 2.02. The molecule has 2 aliphatic rings. The van der Waals surface area contributed by atoms with Crippen LogP contribution in [0.5, 0.6) is 5.88 Å². The second-order valence-electron chi connectivity index (χ2n) is 7.63. The van der Waals surface area contributed by atoms with Crippen LogP contribution >= 0.6 is 0 Å². The van der Waals surface area contributed by atoms with Crippen molar-refractivity contribution in [3.05, 3.63) is 17.8 Å². The maximum Gasteiger partial charge on any atom is 0.495 e. The number of aryl methyl sites for hydroxylation is 1. The van der Waals surface area contributed by atoms with Gasteiger partial charge < -0.3 is 18.8 Å². The van der Waals surface area contributed by atoms with Crippen molar-refractivity contribution in [1.29, 1.82) is 0 Å². The van der Waals surface area contributed by atoms with Crippen LogP contribution in [0.25, 0.3) is 0 Å². The van der Waals surface area contributed by atoms with Gasteiger partial charge >= 0.3 is 13.1 Å². The summed E-state index contributed by atoms with van der Waals surface area (Å²) in [6.45, 7) is 9.96. The fourth-order valence-electron chi connectivity index (χ4n) is 2.98. The Morgan fingerprint density at radius 3 is 2.52 bits per heavy atom. The SMILES string of the molecule is CC[C@]1(CCCOc2ccc(B3OCC(C)(C)CO3)c(C)n2)OC1=O. The Kier molecular flexibility index (Phi) is 5.07. The Balaban J connectivity index is 1.49. The van der Waals surface area contributed by atoms with Crippen LogP contribution < -0.4 is 10.2 Å². The number of hydrogen-bond acceptors (Lipinski definition) is 6. The number of rotatable bonds is 7. The van der Waals surface area contributed by atoms with Crippen LogP contribution in [0.4, 0.5) is 0 Å². The molecule has 7 heteroatoms. The number of nitrogens with zero attached hydrogens (tertiary/aromatic N) is 1. The summed E-state index contributed by atoms with van der Waals surface area (Å²) in [5.74, 6) is 0.481. The number of epoxide rings is 1. The lowest BCUT2D eigenvalue weighted by molar-refractivity contribution is -0.117. The quantitative estimate of drug-likeness (QED) is 0.427. The van der Waals surface area contributed by atoms with E-state index < -0.39 is 5.60 Å². The molecule has 0 N–H and O–H groups in total. The van der Waals surface area contributed by atoms with Crippen molar-refractivity contribution in [2.24, 2.45) is 5.41 Å². The van der Waals surface area contributed by atoms with Crippen molar-refractivity contribution in [2.45, 2.75) is 52.6 Å². The number of ether oxygens (including phenoxy) is 2. The van der Waals surface area contributed by atoms with E-state index in [1.54, 1.807) is 0 Å². The summed E-state index contributed by atoms with van der Waals surface area (Å²) in [7, 11) is -0.364. The lowest BCUT2D eigenvalue weighted by Crippen LogP contribution is -2.48. The highest BCUT2D eigenvalue weighted by Gasteiger charge is 2.55. The van der Waals surface area contributed by atoms with Gasteiger partial charge in [0.2, 0.25) is 11.5 Å². The van der Waals surface area contributed by atoms with E-state index in [9.17, 15) is 4.79 Å². The molecule has 136 valence electrons. The molecule has 25 heavy (non-hydrogen) atoms. The summed E-state index contributed by atoms with van der Waals surface area (Å²) in [5, 5.41) is 0. The molecule has 0 aromatic carbocycles. The maximum atomic E-state index is 11.3. The van der Waals surface area contributed by atoms with Gasteiger partial charge in [0.25, 0.3) is 0 Å². The van der Waals surface area contributed by atoms with E-state index in [4.69, 9.17) is 18.8 Å². The number of pyridine rings is 1. The molecule has 3 rings (SSSR count). The Labute approximate surface area is 149 Å². The van der Waals surface area contributed by atoms with Crippen molar-refractivity contribution in [2.75, 3.05) is 19.8 Å². The average Bonchev–Trinajstić information content (AvgIpc) is 3.23. The third-order valence-corrected chi connectivity index (χ3v) is 4.77. The Bertz CT molecular complexity index is 640. The molecule has 6 nitrogen and oxygen atoms in total. The van der Waals surface area contributed by atoms with Gasteiger partial charge in [0, 0.05) is 36.2 Å². The van der Waals surface area contributed by atoms with Crippen LogP contribution in [0.1, 0.15) is 45.7 Å². The van der Waals surface area contributed by atoms with Crippen molar-refractivity contribution >= 4 is 18.6 Å². The molecular weight excluding hydrogens is 321 g/mol. The topological polar surface area (TPSA) is 70.2 Å². The third kappa shape index (κ3) is 4.15. The molecule has 0 unspecified atom stereocenters. The van der Waals surface area contributed by atoms with Gasteiger partial charge in [-0.05, 0) is 25.8 Å². The van der Waals surface area contributed by atoms with E-state index >= 15 is 0 Å². The third-order valence-electron chi connectivity index (χ3n) is 4.77. The molecule has 0 saturated carbocycles. The molecule has 0 bridgehead atoms. The van der Waals surface area contributed by atoms with Crippen LogP contribution in [0, 0.1) is 12.3 Å². The molecule has 1 aromatic rings. The van der Waals surface area contributed by atoms with Crippen LogP contribution in [0.15, 0.2) is 12.1 Å². The molecule has 2 aliphatic heterocycles. The summed E-state index contributed by atoms with van der Waals surface area (Å²) in [5.41, 5.74) is 1.28. The minimum absolute atomic E-state index is 0.0450. The summed E-state index contributed by atoms with van der Waals surface area (Å²) in [6.07, 6.45) is 2.17. The normalized spacial score (nSPS) is 24.8. The summed E-state index contributed by atoms with van der Waals surface area (Å²) < 4.78 is 22.4. The van der Waals surface area contributed by atoms with Gasteiger partial charge in [0.1, 0.15) is 0 Å². The Hall–Kier alpha value is -1.60. The molecule has 0 amide bonds. The summed E-state index contributed by atoms with van der Waals surface area (Å²) >= 11 is 0. The number of carbonyl (C=O) groups excluding carboxylic acids is 1. The molecular formula is C18H26BNO5. The molecule has 3 heterocycles. The first-order valence-electron chi connectivity index (χ1n) is 8.92. The monoisotopic (exact) mass is 347 g/mol. The van der Waals surface area contributed by atoms with E-state index in [0.717, 1.165) is 24.0 Å². The van der Waals surface area contributed by atoms with Crippen LogP contribution in [0.3, 0.4) is 0 Å². The molecule has 2 fully saturated rings. The minimum Gasteiger partial charge on any atom is -0.478 e. The zero-order valence-electron chi connectivity index (χ0n) is 15.5. The minimum atomic E-state index is -0.542. The second-order valence-corrected chi connectivity index (χ2v) is 7.63. The number of carbonyl (C=O) groups is 1. The molecule has 0 spiro atoms. The van der Waals surface area contributed by atoms with Crippen molar-refractivity contribution in [3.8, 4) is 5.88 Å². The standard InChI is InChI=1S/C18H26BNO5/c1-5-18(16(21)25-18)9-6-10-22-15-8-7-14(13(2)20-15)19-23-11-17(3,4)12-24-19/h7-8H,5-6,9-12H2,1-4H3/t18-/m1/s1. The Morgan fingerprint density at radius 2 is 1.96 bits per heavy atom. The van der Waals surface area contributed by atoms with Gasteiger partial charge in [0.15, 0.2) is 0 Å². The number of hydrogen-bond donors (Lipinski definition) is 0. The Morgan fingerprint density at radius 1 is 1.28 bits per heavy atom. The van der Waals surface area contributed by atoms with E-state index in [-0.39, 0.29) is 18.5 Å². The molecule has 0 radical (unpaired) electrons. The van der Waals surface area contributed by atoms with Crippen molar-refractivity contribution < 1.29 is 23.6 Å². The summed E-state index contributed by atoms with van der Waals surface area (Å²) in [4.78, 5) is 15.8.